The van der Waals surface area contributed by atoms with Crippen molar-refractivity contribution in [2.75, 3.05) is 5.75 Å². The van der Waals surface area contributed by atoms with Gasteiger partial charge >= 0.3 is 0 Å². The molecule has 2 rings (SSSR count). The number of rotatable bonds is 5. The molecule has 0 aliphatic carbocycles. The van der Waals surface area contributed by atoms with Crippen molar-refractivity contribution in [3.63, 3.8) is 0 Å². The van der Waals surface area contributed by atoms with Gasteiger partial charge in [0.15, 0.2) is 17.4 Å². The summed E-state index contributed by atoms with van der Waals surface area (Å²) >= 11 is 1.45. The van der Waals surface area contributed by atoms with Gasteiger partial charge in [-0.15, -0.1) is 11.8 Å². The molecule has 0 aliphatic rings. The fourth-order valence-corrected chi connectivity index (χ4v) is 2.47. The van der Waals surface area contributed by atoms with Crippen molar-refractivity contribution in [1.82, 2.24) is 0 Å². The molecule has 0 bridgehead atoms. The van der Waals surface area contributed by atoms with Gasteiger partial charge in [-0.3, -0.25) is 4.79 Å². The Bertz CT molecular complexity index is 570. The normalized spacial score (nSPS) is 10.4. The summed E-state index contributed by atoms with van der Waals surface area (Å²) in [6.45, 7) is 0. The van der Waals surface area contributed by atoms with E-state index in [1.165, 1.54) is 17.8 Å². The molecule has 1 nitrogen and oxygen atoms in total. The number of benzene rings is 2. The van der Waals surface area contributed by atoms with Crippen LogP contribution in [-0.2, 0) is 5.75 Å². The minimum atomic E-state index is -0.987. The van der Waals surface area contributed by atoms with Crippen molar-refractivity contribution < 1.29 is 13.6 Å². The molecule has 0 radical (unpaired) electrons. The molecular formula is C15H12F2OS. The van der Waals surface area contributed by atoms with E-state index in [4.69, 9.17) is 0 Å². The van der Waals surface area contributed by atoms with Crippen molar-refractivity contribution in [2.45, 2.75) is 5.75 Å². The standard InChI is InChI=1S/C15H12F2OS/c16-13-7-6-12(8-14(13)17)15(18)10-19-9-11-4-2-1-3-5-11/h1-8H,9-10H2. The number of Topliss-reactive ketones (excluding diaryl/α,β-unsaturated/α-hetero) is 1. The molecule has 0 spiro atoms. The summed E-state index contributed by atoms with van der Waals surface area (Å²) in [6.07, 6.45) is 0. The smallest absolute Gasteiger partial charge is 0.172 e. The van der Waals surface area contributed by atoms with Crippen molar-refractivity contribution in [2.24, 2.45) is 0 Å². The molecule has 0 saturated heterocycles. The first kappa shape index (κ1) is 13.7. The molecule has 0 aliphatic heterocycles. The van der Waals surface area contributed by atoms with E-state index in [-0.39, 0.29) is 17.1 Å². The first-order valence-electron chi connectivity index (χ1n) is 5.77. The number of halogens is 2. The van der Waals surface area contributed by atoms with Crippen LogP contribution in [0.1, 0.15) is 15.9 Å². The molecule has 0 saturated carbocycles. The van der Waals surface area contributed by atoms with Crippen LogP contribution in [0, 0.1) is 11.6 Å². The number of ketones is 1. The maximum absolute atomic E-state index is 13.0. The lowest BCUT2D eigenvalue weighted by molar-refractivity contribution is 0.102. The highest BCUT2D eigenvalue weighted by Crippen LogP contribution is 2.15. The molecular weight excluding hydrogens is 266 g/mol. The van der Waals surface area contributed by atoms with E-state index in [1.807, 2.05) is 30.3 Å². The Hall–Kier alpha value is -1.68. The summed E-state index contributed by atoms with van der Waals surface area (Å²) in [5.41, 5.74) is 1.34. The highest BCUT2D eigenvalue weighted by molar-refractivity contribution is 7.99. The number of hydrogen-bond acceptors (Lipinski definition) is 2. The van der Waals surface area contributed by atoms with Crippen LogP contribution < -0.4 is 0 Å². The summed E-state index contributed by atoms with van der Waals surface area (Å²) < 4.78 is 25.7. The predicted octanol–water partition coefficient (Wildman–Crippen LogP) is 4.08. The Morgan fingerprint density at radius 2 is 1.74 bits per heavy atom. The van der Waals surface area contributed by atoms with Gasteiger partial charge in [0, 0.05) is 11.3 Å². The van der Waals surface area contributed by atoms with E-state index in [1.54, 1.807) is 0 Å². The summed E-state index contributed by atoms with van der Waals surface area (Å²) in [4.78, 5) is 11.8. The summed E-state index contributed by atoms with van der Waals surface area (Å²) in [6, 6.07) is 13.0. The van der Waals surface area contributed by atoms with Crippen molar-refractivity contribution in [3.05, 3.63) is 71.3 Å². The van der Waals surface area contributed by atoms with Gasteiger partial charge in [-0.2, -0.15) is 0 Å². The topological polar surface area (TPSA) is 17.1 Å². The molecule has 0 aromatic heterocycles. The summed E-state index contributed by atoms with van der Waals surface area (Å²) in [7, 11) is 0. The number of hydrogen-bond donors (Lipinski definition) is 0. The van der Waals surface area contributed by atoms with E-state index in [2.05, 4.69) is 0 Å². The van der Waals surface area contributed by atoms with Gasteiger partial charge in [0.1, 0.15) is 0 Å². The lowest BCUT2D eigenvalue weighted by Gasteiger charge is -2.02. The van der Waals surface area contributed by atoms with Gasteiger partial charge in [-0.1, -0.05) is 30.3 Å². The van der Waals surface area contributed by atoms with Gasteiger partial charge in [-0.25, -0.2) is 8.78 Å². The molecule has 0 unspecified atom stereocenters. The van der Waals surface area contributed by atoms with E-state index < -0.39 is 11.6 Å². The number of carbonyl (C=O) groups excluding carboxylic acids is 1. The third-order valence-corrected chi connectivity index (χ3v) is 3.59. The highest BCUT2D eigenvalue weighted by Gasteiger charge is 2.09. The molecule has 2 aromatic carbocycles. The van der Waals surface area contributed by atoms with Crippen molar-refractivity contribution in [1.29, 1.82) is 0 Å². The molecule has 0 atom stereocenters. The largest absolute Gasteiger partial charge is 0.293 e. The van der Waals surface area contributed by atoms with Crippen molar-refractivity contribution in [3.8, 4) is 0 Å². The zero-order valence-electron chi connectivity index (χ0n) is 10.1. The third-order valence-electron chi connectivity index (χ3n) is 2.59. The quantitative estimate of drug-likeness (QED) is 0.767. The van der Waals surface area contributed by atoms with Gasteiger partial charge in [0.25, 0.3) is 0 Å². The van der Waals surface area contributed by atoms with Gasteiger partial charge < -0.3 is 0 Å². The van der Waals surface area contributed by atoms with Crippen LogP contribution in [0.25, 0.3) is 0 Å². The highest BCUT2D eigenvalue weighted by atomic mass is 32.2. The molecule has 4 heteroatoms. The maximum atomic E-state index is 13.0. The monoisotopic (exact) mass is 278 g/mol. The zero-order chi connectivity index (χ0) is 13.7. The summed E-state index contributed by atoms with van der Waals surface area (Å²) in [5.74, 6) is -1.15. The fraction of sp³-hybridized carbons (Fsp3) is 0.133. The molecule has 0 N–H and O–H groups in total. The van der Waals surface area contributed by atoms with Gasteiger partial charge in [0.2, 0.25) is 0 Å². The first-order chi connectivity index (χ1) is 9.16. The Kier molecular flexibility index (Phi) is 4.68. The summed E-state index contributed by atoms with van der Waals surface area (Å²) in [5, 5.41) is 0. The fourth-order valence-electron chi connectivity index (χ4n) is 1.59. The Morgan fingerprint density at radius 3 is 2.42 bits per heavy atom. The average Bonchev–Trinajstić information content (AvgIpc) is 2.43. The molecule has 0 fully saturated rings. The van der Waals surface area contributed by atoms with Crippen LogP contribution >= 0.6 is 11.8 Å². The molecule has 19 heavy (non-hydrogen) atoms. The lowest BCUT2D eigenvalue weighted by atomic mass is 10.1. The minimum absolute atomic E-state index is 0.195. The molecule has 0 amide bonds. The van der Waals surface area contributed by atoms with Crippen LogP contribution in [0.15, 0.2) is 48.5 Å². The SMILES string of the molecule is O=C(CSCc1ccccc1)c1ccc(F)c(F)c1. The minimum Gasteiger partial charge on any atom is -0.293 e. The zero-order valence-corrected chi connectivity index (χ0v) is 10.9. The van der Waals surface area contributed by atoms with Gasteiger partial charge in [0.05, 0.1) is 5.75 Å². The van der Waals surface area contributed by atoms with Gasteiger partial charge in [-0.05, 0) is 23.8 Å². The molecule has 98 valence electrons. The molecule has 0 heterocycles. The predicted molar refractivity (Wildman–Crippen MR) is 73.3 cm³/mol. The van der Waals surface area contributed by atoms with Crippen LogP contribution in [0.3, 0.4) is 0 Å². The van der Waals surface area contributed by atoms with Crippen LogP contribution in [0.4, 0.5) is 8.78 Å². The first-order valence-corrected chi connectivity index (χ1v) is 6.92. The Morgan fingerprint density at radius 1 is 1.00 bits per heavy atom. The second-order valence-electron chi connectivity index (χ2n) is 4.03. The Balaban J connectivity index is 1.89. The lowest BCUT2D eigenvalue weighted by Crippen LogP contribution is -2.04. The van der Waals surface area contributed by atoms with Crippen LogP contribution in [0.5, 0.6) is 0 Å². The van der Waals surface area contributed by atoms with Crippen molar-refractivity contribution >= 4 is 17.5 Å². The number of thioether (sulfide) groups is 1. The Labute approximate surface area is 114 Å². The number of carbonyl (C=O) groups is 1. The molecule has 2 aromatic rings. The maximum Gasteiger partial charge on any atom is 0.172 e. The van der Waals surface area contributed by atoms with Crippen LogP contribution in [-0.4, -0.2) is 11.5 Å². The van der Waals surface area contributed by atoms with E-state index >= 15 is 0 Å². The van der Waals surface area contributed by atoms with E-state index in [0.717, 1.165) is 23.4 Å². The average molecular weight is 278 g/mol. The second kappa shape index (κ2) is 6.48. The van der Waals surface area contributed by atoms with Crippen LogP contribution in [0.2, 0.25) is 0 Å². The van der Waals surface area contributed by atoms with E-state index in [0.29, 0.717) is 0 Å². The third kappa shape index (κ3) is 3.89. The van der Waals surface area contributed by atoms with E-state index in [9.17, 15) is 13.6 Å². The second-order valence-corrected chi connectivity index (χ2v) is 5.02.